The van der Waals surface area contributed by atoms with Crippen LogP contribution in [0.25, 0.3) is 0 Å². The van der Waals surface area contributed by atoms with Gasteiger partial charge in [-0.05, 0) is 19.1 Å². The summed E-state index contributed by atoms with van der Waals surface area (Å²) >= 11 is 1.71. The maximum atomic E-state index is 11.7. The molecule has 0 aromatic carbocycles. The van der Waals surface area contributed by atoms with E-state index in [1.807, 2.05) is 11.2 Å². The summed E-state index contributed by atoms with van der Waals surface area (Å²) in [5, 5.41) is 2.86. The van der Waals surface area contributed by atoms with E-state index in [4.69, 9.17) is 0 Å². The maximum Gasteiger partial charge on any atom is 0.222 e. The van der Waals surface area contributed by atoms with Crippen molar-refractivity contribution >= 4 is 23.6 Å². The van der Waals surface area contributed by atoms with Crippen LogP contribution in [-0.4, -0.2) is 48.4 Å². The summed E-state index contributed by atoms with van der Waals surface area (Å²) < 4.78 is 0. The minimum Gasteiger partial charge on any atom is -0.355 e. The lowest BCUT2D eigenvalue weighted by Gasteiger charge is -2.19. The van der Waals surface area contributed by atoms with E-state index >= 15 is 0 Å². The van der Waals surface area contributed by atoms with Gasteiger partial charge in [-0.25, -0.2) is 0 Å². The predicted octanol–water partition coefficient (Wildman–Crippen LogP) is 1.26. The van der Waals surface area contributed by atoms with Crippen molar-refractivity contribution in [1.82, 2.24) is 10.2 Å². The summed E-state index contributed by atoms with van der Waals surface area (Å²) in [7, 11) is 0. The average Bonchev–Trinajstić information content (AvgIpc) is 2.52. The van der Waals surface area contributed by atoms with Gasteiger partial charge in [-0.2, -0.15) is 11.8 Å². The summed E-state index contributed by atoms with van der Waals surface area (Å²) in [5.74, 6) is 1.20. The molecule has 1 aliphatic rings. The first kappa shape index (κ1) is 14.4. The Labute approximate surface area is 108 Å². The zero-order chi connectivity index (χ0) is 12.5. The van der Waals surface area contributed by atoms with Crippen molar-refractivity contribution in [3.8, 4) is 0 Å². The predicted molar refractivity (Wildman–Crippen MR) is 71.1 cm³/mol. The molecule has 0 spiro atoms. The lowest BCUT2D eigenvalue weighted by atomic mass is 10.2. The Hall–Kier alpha value is -0.710. The van der Waals surface area contributed by atoms with Crippen LogP contribution >= 0.6 is 11.8 Å². The van der Waals surface area contributed by atoms with E-state index in [9.17, 15) is 9.59 Å². The van der Waals surface area contributed by atoms with Crippen LogP contribution in [-0.2, 0) is 9.59 Å². The lowest BCUT2D eigenvalue weighted by molar-refractivity contribution is -0.131. The largest absolute Gasteiger partial charge is 0.355 e. The van der Waals surface area contributed by atoms with Gasteiger partial charge in [0.2, 0.25) is 11.8 Å². The van der Waals surface area contributed by atoms with Gasteiger partial charge >= 0.3 is 0 Å². The summed E-state index contributed by atoms with van der Waals surface area (Å²) in [6.45, 7) is 2.11. The third kappa shape index (κ3) is 5.96. The number of rotatable bonds is 6. The number of hydrogen-bond donors (Lipinski definition) is 1. The van der Waals surface area contributed by atoms with Crippen molar-refractivity contribution in [3.05, 3.63) is 0 Å². The average molecular weight is 258 g/mol. The summed E-state index contributed by atoms with van der Waals surface area (Å²) in [6, 6.07) is 0. The smallest absolute Gasteiger partial charge is 0.222 e. The first-order chi connectivity index (χ1) is 8.24. The van der Waals surface area contributed by atoms with Gasteiger partial charge < -0.3 is 10.2 Å². The Kier molecular flexibility index (Phi) is 7.08. The van der Waals surface area contributed by atoms with Crippen LogP contribution in [0.1, 0.15) is 32.1 Å². The number of likely N-dealkylation sites (tertiary alicyclic amines) is 1. The van der Waals surface area contributed by atoms with Crippen LogP contribution in [0.2, 0.25) is 0 Å². The fourth-order valence-corrected chi connectivity index (χ4v) is 2.20. The Morgan fingerprint density at radius 1 is 1.41 bits per heavy atom. The SMILES string of the molecule is CSCCNC(=O)CCN1CCCCCC1=O. The highest BCUT2D eigenvalue weighted by Crippen LogP contribution is 2.11. The number of amides is 2. The van der Waals surface area contributed by atoms with Crippen molar-refractivity contribution in [3.63, 3.8) is 0 Å². The van der Waals surface area contributed by atoms with Crippen LogP contribution < -0.4 is 5.32 Å². The third-order valence-corrected chi connectivity index (χ3v) is 3.52. The molecule has 4 nitrogen and oxygen atoms in total. The second kappa shape index (κ2) is 8.39. The number of carbonyl (C=O) groups excluding carboxylic acids is 2. The van der Waals surface area contributed by atoms with E-state index in [-0.39, 0.29) is 11.8 Å². The van der Waals surface area contributed by atoms with E-state index in [0.29, 0.717) is 25.9 Å². The van der Waals surface area contributed by atoms with E-state index < -0.39 is 0 Å². The number of thioether (sulfide) groups is 1. The van der Waals surface area contributed by atoms with Crippen LogP contribution in [0, 0.1) is 0 Å². The van der Waals surface area contributed by atoms with Crippen molar-refractivity contribution in [1.29, 1.82) is 0 Å². The number of nitrogens with one attached hydrogen (secondary N) is 1. The zero-order valence-corrected chi connectivity index (χ0v) is 11.4. The Morgan fingerprint density at radius 2 is 2.24 bits per heavy atom. The van der Waals surface area contributed by atoms with Gasteiger partial charge in [0, 0.05) is 38.2 Å². The minimum absolute atomic E-state index is 0.0519. The quantitative estimate of drug-likeness (QED) is 0.730. The first-order valence-corrected chi connectivity index (χ1v) is 7.67. The normalized spacial score (nSPS) is 16.8. The van der Waals surface area contributed by atoms with E-state index in [0.717, 1.165) is 31.6 Å². The van der Waals surface area contributed by atoms with Crippen LogP contribution in [0.15, 0.2) is 0 Å². The van der Waals surface area contributed by atoms with Gasteiger partial charge in [-0.15, -0.1) is 0 Å². The van der Waals surface area contributed by atoms with Crippen LogP contribution in [0.3, 0.4) is 0 Å². The highest BCUT2D eigenvalue weighted by atomic mass is 32.2. The molecular weight excluding hydrogens is 236 g/mol. The van der Waals surface area contributed by atoms with Gasteiger partial charge in [-0.1, -0.05) is 6.42 Å². The molecule has 0 bridgehead atoms. The molecule has 1 saturated heterocycles. The monoisotopic (exact) mass is 258 g/mol. The molecule has 1 aliphatic heterocycles. The van der Waals surface area contributed by atoms with Gasteiger partial charge in [0.05, 0.1) is 0 Å². The molecule has 98 valence electrons. The fraction of sp³-hybridized carbons (Fsp3) is 0.833. The summed E-state index contributed by atoms with van der Waals surface area (Å²) in [6.07, 6.45) is 6.29. The van der Waals surface area contributed by atoms with Crippen molar-refractivity contribution in [2.45, 2.75) is 32.1 Å². The zero-order valence-electron chi connectivity index (χ0n) is 10.5. The van der Waals surface area contributed by atoms with Gasteiger partial charge in [-0.3, -0.25) is 9.59 Å². The number of nitrogens with zero attached hydrogens (tertiary/aromatic N) is 1. The summed E-state index contributed by atoms with van der Waals surface area (Å²) in [5.41, 5.74) is 0. The molecule has 1 heterocycles. The molecule has 0 aliphatic carbocycles. The number of carbonyl (C=O) groups is 2. The molecular formula is C12H22N2O2S. The highest BCUT2D eigenvalue weighted by molar-refractivity contribution is 7.98. The standard InChI is InChI=1S/C12H22N2O2S/c1-17-10-7-13-11(15)6-9-14-8-4-2-3-5-12(14)16/h2-10H2,1H3,(H,13,15). The van der Waals surface area contributed by atoms with E-state index in [2.05, 4.69) is 5.32 Å². The molecule has 1 N–H and O–H groups in total. The molecule has 0 aromatic rings. The van der Waals surface area contributed by atoms with Crippen LogP contribution in [0.5, 0.6) is 0 Å². The van der Waals surface area contributed by atoms with Gasteiger partial charge in [0.25, 0.3) is 0 Å². The minimum atomic E-state index is 0.0519. The molecule has 0 unspecified atom stereocenters. The Bertz CT molecular complexity index is 259. The highest BCUT2D eigenvalue weighted by Gasteiger charge is 2.16. The van der Waals surface area contributed by atoms with Gasteiger partial charge in [0.15, 0.2) is 0 Å². The molecule has 0 saturated carbocycles. The Morgan fingerprint density at radius 3 is 3.00 bits per heavy atom. The third-order valence-electron chi connectivity index (χ3n) is 2.91. The summed E-state index contributed by atoms with van der Waals surface area (Å²) in [4.78, 5) is 25.0. The number of hydrogen-bond acceptors (Lipinski definition) is 3. The molecule has 5 heteroatoms. The molecule has 0 atom stereocenters. The topological polar surface area (TPSA) is 49.4 Å². The van der Waals surface area contributed by atoms with E-state index in [1.165, 1.54) is 0 Å². The van der Waals surface area contributed by atoms with Crippen LogP contribution in [0.4, 0.5) is 0 Å². The fourth-order valence-electron chi connectivity index (χ4n) is 1.89. The first-order valence-electron chi connectivity index (χ1n) is 6.27. The van der Waals surface area contributed by atoms with Gasteiger partial charge in [0.1, 0.15) is 0 Å². The molecule has 2 amide bonds. The van der Waals surface area contributed by atoms with E-state index in [1.54, 1.807) is 11.8 Å². The Balaban J connectivity index is 2.19. The van der Waals surface area contributed by atoms with Crippen molar-refractivity contribution in [2.75, 3.05) is 31.6 Å². The molecule has 0 aromatic heterocycles. The lowest BCUT2D eigenvalue weighted by Crippen LogP contribution is -2.35. The molecule has 1 fully saturated rings. The molecule has 17 heavy (non-hydrogen) atoms. The second-order valence-corrected chi connectivity index (χ2v) is 5.27. The second-order valence-electron chi connectivity index (χ2n) is 4.28. The van der Waals surface area contributed by atoms with Crippen molar-refractivity contribution in [2.24, 2.45) is 0 Å². The maximum absolute atomic E-state index is 11.7. The molecule has 1 rings (SSSR count). The van der Waals surface area contributed by atoms with Crippen molar-refractivity contribution < 1.29 is 9.59 Å². The molecule has 0 radical (unpaired) electrons.